The summed E-state index contributed by atoms with van der Waals surface area (Å²) in [5.74, 6) is 1.93. The van der Waals surface area contributed by atoms with Crippen LogP contribution in [0.1, 0.15) is 72.1 Å². The van der Waals surface area contributed by atoms with Crippen molar-refractivity contribution in [2.45, 2.75) is 78.2 Å². The van der Waals surface area contributed by atoms with Gasteiger partial charge in [0.05, 0.1) is 5.71 Å². The van der Waals surface area contributed by atoms with E-state index in [9.17, 15) is 10.0 Å². The summed E-state index contributed by atoms with van der Waals surface area (Å²) in [5.41, 5.74) is 2.94. The molecule has 4 nitrogen and oxygen atoms in total. The third-order valence-corrected chi connectivity index (χ3v) is 8.25. The molecule has 0 radical (unpaired) electrons. The Morgan fingerprint density at radius 3 is 2.64 bits per heavy atom. The van der Waals surface area contributed by atoms with E-state index in [1.807, 2.05) is 0 Å². The molecular weight excluding hydrogens is 314 g/mol. The highest BCUT2D eigenvalue weighted by atomic mass is 16.5. The zero-order valence-electron chi connectivity index (χ0n) is 15.8. The number of carbonyl (C=O) groups excluding carboxylic acids is 1. The molecular formula is C21H31NO3. The Hall–Kier alpha value is -1.32. The van der Waals surface area contributed by atoms with E-state index in [-0.39, 0.29) is 22.9 Å². The average molecular weight is 345 g/mol. The third-order valence-electron chi connectivity index (χ3n) is 8.25. The number of rotatable bonds is 1. The predicted octanol–water partition coefficient (Wildman–Crippen LogP) is 4.71. The van der Waals surface area contributed by atoms with Crippen molar-refractivity contribution in [2.24, 2.45) is 33.7 Å². The van der Waals surface area contributed by atoms with E-state index in [4.69, 9.17) is 4.74 Å². The molecule has 0 aliphatic heterocycles. The van der Waals surface area contributed by atoms with Crippen LogP contribution in [0.5, 0.6) is 0 Å². The number of fused-ring (bicyclic) bond motifs is 5. The number of oxime groups is 1. The first-order chi connectivity index (χ1) is 11.9. The predicted molar refractivity (Wildman–Crippen MR) is 96.5 cm³/mol. The van der Waals surface area contributed by atoms with Crippen LogP contribution in [0.2, 0.25) is 0 Å². The molecule has 0 heterocycles. The van der Waals surface area contributed by atoms with Gasteiger partial charge in [0.15, 0.2) is 0 Å². The van der Waals surface area contributed by atoms with Gasteiger partial charge >= 0.3 is 5.97 Å². The zero-order chi connectivity index (χ0) is 17.8. The Morgan fingerprint density at radius 2 is 1.92 bits per heavy atom. The molecule has 0 spiro atoms. The summed E-state index contributed by atoms with van der Waals surface area (Å²) in [5, 5.41) is 13.1. The smallest absolute Gasteiger partial charge is 0.302 e. The van der Waals surface area contributed by atoms with Crippen molar-refractivity contribution in [1.29, 1.82) is 0 Å². The Bertz CT molecular complexity index is 639. The van der Waals surface area contributed by atoms with Crippen molar-refractivity contribution in [3.05, 3.63) is 11.6 Å². The Balaban J connectivity index is 1.60. The van der Waals surface area contributed by atoms with E-state index in [1.54, 1.807) is 0 Å². The van der Waals surface area contributed by atoms with E-state index in [1.165, 1.54) is 25.3 Å². The van der Waals surface area contributed by atoms with Gasteiger partial charge in [0.1, 0.15) is 6.10 Å². The number of hydrogen-bond donors (Lipinski definition) is 1. The van der Waals surface area contributed by atoms with Gasteiger partial charge in [-0.05, 0) is 68.1 Å². The van der Waals surface area contributed by atoms with Gasteiger partial charge in [0.25, 0.3) is 0 Å². The Morgan fingerprint density at radius 1 is 1.20 bits per heavy atom. The molecule has 138 valence electrons. The molecule has 0 bridgehead atoms. The normalized spacial score (nSPS) is 47.5. The minimum absolute atomic E-state index is 0.0711. The Kier molecular flexibility index (Phi) is 4.01. The lowest BCUT2D eigenvalue weighted by atomic mass is 9.48. The van der Waals surface area contributed by atoms with Crippen LogP contribution in [0.15, 0.2) is 16.8 Å². The lowest BCUT2D eigenvalue weighted by Crippen LogP contribution is -2.50. The molecule has 0 amide bonds. The van der Waals surface area contributed by atoms with Crippen LogP contribution in [0.25, 0.3) is 0 Å². The summed E-state index contributed by atoms with van der Waals surface area (Å²) in [7, 11) is 0. The molecule has 6 atom stereocenters. The molecule has 0 unspecified atom stereocenters. The molecule has 25 heavy (non-hydrogen) atoms. The second-order valence-electron chi connectivity index (χ2n) is 9.28. The summed E-state index contributed by atoms with van der Waals surface area (Å²) in [4.78, 5) is 11.3. The maximum Gasteiger partial charge on any atom is 0.302 e. The van der Waals surface area contributed by atoms with E-state index in [2.05, 4.69) is 25.1 Å². The monoisotopic (exact) mass is 345 g/mol. The molecule has 0 aromatic heterocycles. The van der Waals surface area contributed by atoms with Gasteiger partial charge in [-0.2, -0.15) is 0 Å². The van der Waals surface area contributed by atoms with E-state index < -0.39 is 0 Å². The highest BCUT2D eigenvalue weighted by Gasteiger charge is 2.58. The zero-order valence-corrected chi connectivity index (χ0v) is 15.8. The molecule has 4 rings (SSSR count). The standard InChI is InChI=1S/C21H31NO3/c1-13(23)25-15-8-10-20(2)14(12-15)4-5-16-17-6-7-19(22-24)21(17,3)11-9-18(16)20/h4,15-18,24H,5-12H2,1-3H3/t15-,16+,17-,18-,20-,21-/m1/s1. The second-order valence-corrected chi connectivity index (χ2v) is 9.28. The van der Waals surface area contributed by atoms with Gasteiger partial charge in [-0.25, -0.2) is 0 Å². The van der Waals surface area contributed by atoms with Crippen LogP contribution < -0.4 is 0 Å². The van der Waals surface area contributed by atoms with Crippen LogP contribution in [-0.2, 0) is 9.53 Å². The highest BCUT2D eigenvalue weighted by Crippen LogP contribution is 2.64. The van der Waals surface area contributed by atoms with E-state index >= 15 is 0 Å². The molecule has 1 N–H and O–H groups in total. The maximum absolute atomic E-state index is 11.3. The van der Waals surface area contributed by atoms with Crippen molar-refractivity contribution in [3.63, 3.8) is 0 Å². The minimum Gasteiger partial charge on any atom is -0.462 e. The van der Waals surface area contributed by atoms with E-state index in [0.717, 1.165) is 50.2 Å². The SMILES string of the molecule is CC(=O)O[C@@H]1CC[C@]2(C)C(=CC[C@H]3[C@H]4CCC(=NO)[C@]4(C)CC[C@H]32)C1. The van der Waals surface area contributed by atoms with Crippen molar-refractivity contribution in [2.75, 3.05) is 0 Å². The number of carbonyl (C=O) groups is 1. The molecule has 0 aromatic rings. The molecule has 3 saturated carbocycles. The van der Waals surface area contributed by atoms with Crippen LogP contribution in [0.4, 0.5) is 0 Å². The molecule has 0 aromatic carbocycles. The minimum atomic E-state index is -0.155. The van der Waals surface area contributed by atoms with Crippen LogP contribution >= 0.6 is 0 Å². The van der Waals surface area contributed by atoms with Gasteiger partial charge in [-0.15, -0.1) is 0 Å². The van der Waals surface area contributed by atoms with Crippen LogP contribution in [0, 0.1) is 28.6 Å². The number of ether oxygens (including phenoxy) is 1. The van der Waals surface area contributed by atoms with Gasteiger partial charge in [-0.1, -0.05) is 30.7 Å². The topological polar surface area (TPSA) is 58.9 Å². The molecule has 3 fully saturated rings. The van der Waals surface area contributed by atoms with Gasteiger partial charge in [-0.3, -0.25) is 4.79 Å². The summed E-state index contributed by atoms with van der Waals surface area (Å²) >= 11 is 0. The Labute approximate surface area is 150 Å². The largest absolute Gasteiger partial charge is 0.462 e. The highest BCUT2D eigenvalue weighted by molar-refractivity contribution is 5.92. The van der Waals surface area contributed by atoms with Gasteiger partial charge in [0, 0.05) is 18.8 Å². The van der Waals surface area contributed by atoms with Crippen LogP contribution in [-0.4, -0.2) is 23.0 Å². The van der Waals surface area contributed by atoms with Crippen molar-refractivity contribution >= 4 is 11.7 Å². The fourth-order valence-electron chi connectivity index (χ4n) is 6.92. The first-order valence-electron chi connectivity index (χ1n) is 9.96. The first kappa shape index (κ1) is 17.1. The number of esters is 1. The lowest BCUT2D eigenvalue weighted by Gasteiger charge is -2.57. The average Bonchev–Trinajstić information content (AvgIpc) is 2.91. The number of allylic oxidation sites excluding steroid dienone is 1. The maximum atomic E-state index is 11.3. The quantitative estimate of drug-likeness (QED) is 0.324. The van der Waals surface area contributed by atoms with Gasteiger partial charge < -0.3 is 9.94 Å². The fraction of sp³-hybridized carbons (Fsp3) is 0.810. The molecule has 4 aliphatic carbocycles. The van der Waals surface area contributed by atoms with Crippen LogP contribution in [0.3, 0.4) is 0 Å². The molecule has 4 aliphatic rings. The van der Waals surface area contributed by atoms with Crippen molar-refractivity contribution < 1.29 is 14.7 Å². The van der Waals surface area contributed by atoms with Crippen molar-refractivity contribution in [3.8, 4) is 0 Å². The fourth-order valence-corrected chi connectivity index (χ4v) is 6.92. The number of nitrogens with zero attached hydrogens (tertiary/aromatic N) is 1. The third kappa shape index (κ3) is 2.47. The van der Waals surface area contributed by atoms with E-state index in [0.29, 0.717) is 11.8 Å². The van der Waals surface area contributed by atoms with Crippen molar-refractivity contribution in [1.82, 2.24) is 0 Å². The number of hydrogen-bond acceptors (Lipinski definition) is 4. The molecule has 0 saturated heterocycles. The summed E-state index contributed by atoms with van der Waals surface area (Å²) in [6, 6.07) is 0. The summed E-state index contributed by atoms with van der Waals surface area (Å²) in [6.45, 7) is 6.30. The first-order valence-corrected chi connectivity index (χ1v) is 9.96. The van der Waals surface area contributed by atoms with Gasteiger partial charge in [0.2, 0.25) is 0 Å². The molecule has 4 heteroatoms. The lowest BCUT2D eigenvalue weighted by molar-refractivity contribution is -0.148. The second kappa shape index (κ2) is 5.85. The summed E-state index contributed by atoms with van der Waals surface area (Å²) in [6.07, 6.45) is 11.2. The summed E-state index contributed by atoms with van der Waals surface area (Å²) < 4.78 is 5.51.